The number of amides is 2. The molecule has 1 aliphatic heterocycles. The van der Waals surface area contributed by atoms with Gasteiger partial charge in [0.25, 0.3) is 10.0 Å². The fourth-order valence-electron chi connectivity index (χ4n) is 3.80. The number of halogens is 1. The number of fused-ring (bicyclic) bond motifs is 1. The quantitative estimate of drug-likeness (QED) is 0.483. The summed E-state index contributed by atoms with van der Waals surface area (Å²) in [4.78, 5) is 37.5. The van der Waals surface area contributed by atoms with E-state index in [1.807, 2.05) is 4.72 Å². The number of carbonyl (C=O) groups is 2. The molecule has 1 saturated heterocycles. The Hall–Kier alpha value is -3.81. The van der Waals surface area contributed by atoms with Gasteiger partial charge in [0.15, 0.2) is 11.2 Å². The van der Waals surface area contributed by atoms with E-state index in [4.69, 9.17) is 9.47 Å². The first kappa shape index (κ1) is 26.3. The van der Waals surface area contributed by atoms with Gasteiger partial charge in [0.05, 0.1) is 16.7 Å². The third-order valence-electron chi connectivity index (χ3n) is 5.67. The minimum absolute atomic E-state index is 0.00453. The Balaban J connectivity index is 1.52. The van der Waals surface area contributed by atoms with Crippen molar-refractivity contribution in [2.75, 3.05) is 13.1 Å². The van der Waals surface area contributed by atoms with Gasteiger partial charge in [-0.05, 0) is 32.0 Å². The van der Waals surface area contributed by atoms with Gasteiger partial charge >= 0.3 is 6.09 Å². The van der Waals surface area contributed by atoms with Crippen LogP contribution in [0.3, 0.4) is 0 Å². The lowest BCUT2D eigenvalue weighted by Gasteiger charge is -2.31. The fraction of sp³-hybridized carbons (Fsp3) is 0.435. The van der Waals surface area contributed by atoms with Crippen LogP contribution < -0.4 is 9.46 Å². The van der Waals surface area contributed by atoms with Crippen LogP contribution in [0.4, 0.5) is 9.18 Å². The Morgan fingerprint density at radius 1 is 1.19 bits per heavy atom. The lowest BCUT2D eigenvalue weighted by atomic mass is 10.1. The molecule has 0 saturated carbocycles. The molecule has 12 nitrogen and oxygen atoms in total. The lowest BCUT2D eigenvalue weighted by Crippen LogP contribution is -2.42. The van der Waals surface area contributed by atoms with E-state index in [2.05, 4.69) is 15.0 Å². The monoisotopic (exact) mass is 534 g/mol. The van der Waals surface area contributed by atoms with Gasteiger partial charge in [0.1, 0.15) is 24.6 Å². The molecule has 198 valence electrons. The summed E-state index contributed by atoms with van der Waals surface area (Å²) in [6.07, 6.45) is 2.94. The van der Waals surface area contributed by atoms with Crippen LogP contribution in [0.2, 0.25) is 0 Å². The van der Waals surface area contributed by atoms with E-state index in [9.17, 15) is 18.0 Å². The average Bonchev–Trinajstić information content (AvgIpc) is 3.28. The Morgan fingerprint density at radius 2 is 1.92 bits per heavy atom. The number of hydrogen-bond donors (Lipinski definition) is 1. The van der Waals surface area contributed by atoms with E-state index >= 15 is 4.39 Å². The number of rotatable bonds is 7. The van der Waals surface area contributed by atoms with E-state index in [0.717, 1.165) is 6.07 Å². The minimum Gasteiger partial charge on any atom is -0.473 e. The molecule has 0 bridgehead atoms. The highest BCUT2D eigenvalue weighted by Gasteiger charge is 2.27. The molecule has 37 heavy (non-hydrogen) atoms. The van der Waals surface area contributed by atoms with Crippen LogP contribution in [0.1, 0.15) is 40.0 Å². The summed E-state index contributed by atoms with van der Waals surface area (Å²) in [7, 11) is -4.20. The molecule has 14 heteroatoms. The minimum atomic E-state index is -4.20. The highest BCUT2D eigenvalue weighted by Crippen LogP contribution is 2.27. The summed E-state index contributed by atoms with van der Waals surface area (Å²) < 4.78 is 54.2. The summed E-state index contributed by atoms with van der Waals surface area (Å²) in [5, 5.41) is 0. The molecule has 1 aliphatic rings. The van der Waals surface area contributed by atoms with Gasteiger partial charge in [0.2, 0.25) is 11.8 Å². The third-order valence-corrected chi connectivity index (χ3v) is 7.04. The lowest BCUT2D eigenvalue weighted by molar-refractivity contribution is -0.119. The van der Waals surface area contributed by atoms with Crippen LogP contribution in [-0.4, -0.2) is 70.1 Å². The number of nitrogens with zero attached hydrogens (tertiary/aromatic N) is 5. The van der Waals surface area contributed by atoms with Gasteiger partial charge in [0, 0.05) is 32.4 Å². The number of aromatic nitrogens is 4. The Morgan fingerprint density at radius 3 is 2.57 bits per heavy atom. The predicted molar refractivity (Wildman–Crippen MR) is 129 cm³/mol. The maximum Gasteiger partial charge on any atom is 0.410 e. The maximum absolute atomic E-state index is 15.0. The highest BCUT2D eigenvalue weighted by molar-refractivity contribution is 7.90. The largest absolute Gasteiger partial charge is 0.473 e. The zero-order valence-corrected chi connectivity index (χ0v) is 21.4. The van der Waals surface area contributed by atoms with E-state index in [1.165, 1.54) is 36.3 Å². The topological polar surface area (TPSA) is 146 Å². The van der Waals surface area contributed by atoms with Crippen LogP contribution in [0.5, 0.6) is 5.88 Å². The van der Waals surface area contributed by atoms with Crippen LogP contribution in [-0.2, 0) is 19.6 Å². The number of hydrogen-bond acceptors (Lipinski definition) is 9. The SMILES string of the molecule is CCC(=O)NS(=O)(=O)c1ccc(-n2cnc3c(OC4CCN(C(=O)OC(C)C)CC4)ncnc32)c(F)c1. The molecule has 0 unspecified atom stereocenters. The van der Waals surface area contributed by atoms with E-state index in [1.54, 1.807) is 18.7 Å². The van der Waals surface area contributed by atoms with Crippen LogP contribution in [0.15, 0.2) is 35.7 Å². The van der Waals surface area contributed by atoms with Crippen molar-refractivity contribution in [3.8, 4) is 11.6 Å². The zero-order chi connectivity index (χ0) is 26.7. The Labute approximate surface area is 212 Å². The van der Waals surface area contributed by atoms with Crippen molar-refractivity contribution >= 4 is 33.2 Å². The molecule has 0 atom stereocenters. The van der Waals surface area contributed by atoms with Crippen molar-refractivity contribution in [3.05, 3.63) is 36.7 Å². The van der Waals surface area contributed by atoms with Crippen molar-refractivity contribution in [3.63, 3.8) is 0 Å². The van der Waals surface area contributed by atoms with Crippen LogP contribution >= 0.6 is 0 Å². The fourth-order valence-corrected chi connectivity index (χ4v) is 4.86. The van der Waals surface area contributed by atoms with Gasteiger partial charge < -0.3 is 14.4 Å². The molecular weight excluding hydrogens is 507 g/mol. The number of nitrogens with one attached hydrogen (secondary N) is 1. The first-order valence-corrected chi connectivity index (χ1v) is 13.2. The van der Waals surface area contributed by atoms with Gasteiger partial charge in [-0.2, -0.15) is 4.98 Å². The van der Waals surface area contributed by atoms with Crippen molar-refractivity contribution < 1.29 is 31.9 Å². The second-order valence-electron chi connectivity index (χ2n) is 8.70. The normalized spacial score (nSPS) is 14.7. The van der Waals surface area contributed by atoms with Crippen molar-refractivity contribution in [2.24, 2.45) is 0 Å². The predicted octanol–water partition coefficient (Wildman–Crippen LogP) is 2.56. The molecule has 2 aromatic heterocycles. The highest BCUT2D eigenvalue weighted by atomic mass is 32.2. The smallest absolute Gasteiger partial charge is 0.410 e. The second kappa shape index (κ2) is 10.7. The van der Waals surface area contributed by atoms with Crippen LogP contribution in [0.25, 0.3) is 16.9 Å². The summed E-state index contributed by atoms with van der Waals surface area (Å²) in [5.41, 5.74) is 0.567. The van der Waals surface area contributed by atoms with Gasteiger partial charge in [-0.25, -0.2) is 32.3 Å². The van der Waals surface area contributed by atoms with Crippen molar-refractivity contribution in [1.82, 2.24) is 29.1 Å². The average molecular weight is 535 g/mol. The van der Waals surface area contributed by atoms with Crippen molar-refractivity contribution in [1.29, 1.82) is 0 Å². The number of likely N-dealkylation sites (tertiary alicyclic amines) is 1. The molecule has 4 rings (SSSR count). The number of piperidine rings is 1. The van der Waals surface area contributed by atoms with Crippen LogP contribution in [0, 0.1) is 5.82 Å². The molecule has 0 radical (unpaired) electrons. The Kier molecular flexibility index (Phi) is 7.57. The van der Waals surface area contributed by atoms with E-state index < -0.39 is 21.7 Å². The third kappa shape index (κ3) is 5.79. The molecule has 3 aromatic rings. The molecule has 1 fully saturated rings. The zero-order valence-electron chi connectivity index (χ0n) is 20.5. The van der Waals surface area contributed by atoms with E-state index in [0.29, 0.717) is 31.4 Å². The first-order chi connectivity index (χ1) is 17.6. The van der Waals surface area contributed by atoms with Crippen molar-refractivity contribution in [2.45, 2.75) is 57.1 Å². The summed E-state index contributed by atoms with van der Waals surface area (Å²) in [5.74, 6) is -1.34. The molecular formula is C23H27FN6O6S. The summed E-state index contributed by atoms with van der Waals surface area (Å²) in [6, 6.07) is 3.27. The van der Waals surface area contributed by atoms with Gasteiger partial charge in [-0.3, -0.25) is 9.36 Å². The number of imidazole rings is 1. The Bertz CT molecular complexity index is 1420. The van der Waals surface area contributed by atoms with Gasteiger partial charge in [-0.15, -0.1) is 0 Å². The molecule has 1 N–H and O–H groups in total. The summed E-state index contributed by atoms with van der Waals surface area (Å²) in [6.45, 7) is 6.03. The molecule has 2 amide bonds. The van der Waals surface area contributed by atoms with Gasteiger partial charge in [-0.1, -0.05) is 6.92 Å². The number of carbonyl (C=O) groups excluding carboxylic acids is 2. The summed E-state index contributed by atoms with van der Waals surface area (Å²) >= 11 is 0. The standard InChI is InChI=1S/C23H27FN6O6S/c1-4-19(31)28-37(33,34)16-5-6-18(17(24)11-16)30-13-27-20-21(30)25-12-26-22(20)36-15-7-9-29(10-8-15)23(32)35-14(2)3/h5-6,11-15H,4,7-10H2,1-3H3,(H,28,31). The molecule has 0 aliphatic carbocycles. The number of sulfonamides is 1. The maximum atomic E-state index is 15.0. The first-order valence-electron chi connectivity index (χ1n) is 11.7. The number of benzene rings is 1. The molecule has 3 heterocycles. The molecule has 0 spiro atoms. The number of ether oxygens (including phenoxy) is 2. The second-order valence-corrected chi connectivity index (χ2v) is 10.4. The van der Waals surface area contributed by atoms with E-state index in [-0.39, 0.29) is 46.8 Å². The molecule has 1 aromatic carbocycles.